The van der Waals surface area contributed by atoms with Gasteiger partial charge < -0.3 is 4.74 Å². The monoisotopic (exact) mass is 295 g/mol. The molecule has 110 valence electrons. The van der Waals surface area contributed by atoms with E-state index in [1.807, 2.05) is 19.9 Å². The van der Waals surface area contributed by atoms with Gasteiger partial charge in [-0.2, -0.15) is 0 Å². The summed E-state index contributed by atoms with van der Waals surface area (Å²) in [5.41, 5.74) is 2.23. The zero-order valence-corrected chi connectivity index (χ0v) is 12.9. The van der Waals surface area contributed by atoms with Crippen molar-refractivity contribution >= 4 is 17.6 Å². The van der Waals surface area contributed by atoms with E-state index in [2.05, 4.69) is 17.0 Å². The molecule has 1 unspecified atom stereocenters. The Morgan fingerprint density at radius 3 is 2.95 bits per heavy atom. The second-order valence-electron chi connectivity index (χ2n) is 5.33. The minimum absolute atomic E-state index is 0.101. The van der Waals surface area contributed by atoms with Crippen molar-refractivity contribution in [2.45, 2.75) is 45.7 Å². The van der Waals surface area contributed by atoms with Crippen LogP contribution < -0.4 is 0 Å². The number of hydrogen-bond acceptors (Lipinski definition) is 3. The van der Waals surface area contributed by atoms with Crippen LogP contribution in [0.2, 0.25) is 5.02 Å². The average molecular weight is 296 g/mol. The molecule has 1 saturated heterocycles. The number of hydrogen-bond donors (Lipinski definition) is 0. The topological polar surface area (TPSA) is 29.5 Å². The second-order valence-corrected chi connectivity index (χ2v) is 5.74. The van der Waals surface area contributed by atoms with Crippen LogP contribution in [0.3, 0.4) is 0 Å². The van der Waals surface area contributed by atoms with Crippen molar-refractivity contribution in [2.75, 3.05) is 13.2 Å². The number of aryl methyl sites for hydroxylation is 1. The third-order valence-corrected chi connectivity index (χ3v) is 4.11. The molecule has 20 heavy (non-hydrogen) atoms. The molecule has 0 spiro atoms. The van der Waals surface area contributed by atoms with E-state index in [-0.39, 0.29) is 12.0 Å². The maximum Gasteiger partial charge on any atom is 0.323 e. The van der Waals surface area contributed by atoms with Gasteiger partial charge in [-0.1, -0.05) is 30.2 Å². The number of nitrogens with zero attached hydrogens (tertiary/aromatic N) is 1. The molecule has 3 nitrogen and oxygen atoms in total. The van der Waals surface area contributed by atoms with E-state index in [0.717, 1.165) is 42.0 Å². The summed E-state index contributed by atoms with van der Waals surface area (Å²) in [5, 5.41) is 0.776. The number of piperidine rings is 1. The molecule has 1 aromatic carbocycles. The highest BCUT2D eigenvalue weighted by Gasteiger charge is 2.29. The number of rotatable bonds is 4. The van der Waals surface area contributed by atoms with Crippen LogP contribution in [0.1, 0.15) is 37.3 Å². The molecular formula is C16H22ClNO2. The fraction of sp³-hybridized carbons (Fsp3) is 0.562. The van der Waals surface area contributed by atoms with Crippen LogP contribution in [0.4, 0.5) is 0 Å². The molecule has 1 fully saturated rings. The summed E-state index contributed by atoms with van der Waals surface area (Å²) in [6.45, 7) is 5.95. The fourth-order valence-electron chi connectivity index (χ4n) is 2.68. The van der Waals surface area contributed by atoms with E-state index in [4.69, 9.17) is 16.3 Å². The van der Waals surface area contributed by atoms with E-state index in [0.29, 0.717) is 13.2 Å². The van der Waals surface area contributed by atoms with Crippen LogP contribution in [-0.4, -0.2) is 30.1 Å². The lowest BCUT2D eigenvalue weighted by Crippen LogP contribution is -2.45. The highest BCUT2D eigenvalue weighted by atomic mass is 35.5. The van der Waals surface area contributed by atoms with Crippen LogP contribution >= 0.6 is 11.6 Å². The van der Waals surface area contributed by atoms with Gasteiger partial charge in [-0.3, -0.25) is 9.69 Å². The van der Waals surface area contributed by atoms with Crippen LogP contribution in [-0.2, 0) is 16.1 Å². The highest BCUT2D eigenvalue weighted by molar-refractivity contribution is 6.31. The molecule has 0 N–H and O–H groups in total. The third kappa shape index (κ3) is 3.74. The van der Waals surface area contributed by atoms with Crippen LogP contribution in [0.15, 0.2) is 18.2 Å². The Hall–Kier alpha value is -1.06. The Morgan fingerprint density at radius 1 is 1.45 bits per heavy atom. The van der Waals surface area contributed by atoms with E-state index in [1.165, 1.54) is 0 Å². The molecule has 1 aliphatic heterocycles. The van der Waals surface area contributed by atoms with Crippen molar-refractivity contribution < 1.29 is 9.53 Å². The SMILES string of the molecule is CCOC(=O)C1CCCCN1Cc1ccc(C)cc1Cl. The Labute approximate surface area is 125 Å². The summed E-state index contributed by atoms with van der Waals surface area (Å²) in [7, 11) is 0. The summed E-state index contributed by atoms with van der Waals surface area (Å²) < 4.78 is 5.19. The number of benzene rings is 1. The number of halogens is 1. The van der Waals surface area contributed by atoms with Gasteiger partial charge in [0, 0.05) is 11.6 Å². The molecule has 0 radical (unpaired) electrons. The first-order chi connectivity index (χ1) is 9.61. The summed E-state index contributed by atoms with van der Waals surface area (Å²) in [6.07, 6.45) is 3.09. The summed E-state index contributed by atoms with van der Waals surface area (Å²) in [5.74, 6) is -0.101. The van der Waals surface area contributed by atoms with Gasteiger partial charge in [0.25, 0.3) is 0 Å². The lowest BCUT2D eigenvalue weighted by atomic mass is 10.0. The molecule has 2 rings (SSSR count). The number of carbonyl (C=O) groups is 1. The predicted octanol–water partition coefficient (Wildman–Crippen LogP) is 3.57. The molecule has 0 bridgehead atoms. The van der Waals surface area contributed by atoms with Crippen LogP contribution in [0, 0.1) is 6.92 Å². The Morgan fingerprint density at radius 2 is 2.25 bits per heavy atom. The first kappa shape index (κ1) is 15.3. The fourth-order valence-corrected chi connectivity index (χ4v) is 2.98. The molecule has 4 heteroatoms. The standard InChI is InChI=1S/C16H22ClNO2/c1-3-20-16(19)15-6-4-5-9-18(15)11-13-8-7-12(2)10-14(13)17/h7-8,10,15H,3-6,9,11H2,1-2H3. The maximum atomic E-state index is 12.0. The van der Waals surface area contributed by atoms with Gasteiger partial charge in [0.05, 0.1) is 6.61 Å². The van der Waals surface area contributed by atoms with Gasteiger partial charge in [0.2, 0.25) is 0 Å². The summed E-state index contributed by atoms with van der Waals surface area (Å²) >= 11 is 6.29. The Balaban J connectivity index is 2.10. The molecule has 0 amide bonds. The number of carbonyl (C=O) groups excluding carboxylic acids is 1. The van der Waals surface area contributed by atoms with E-state index < -0.39 is 0 Å². The molecule has 0 saturated carbocycles. The number of esters is 1. The maximum absolute atomic E-state index is 12.0. The zero-order chi connectivity index (χ0) is 14.5. The zero-order valence-electron chi connectivity index (χ0n) is 12.2. The molecule has 0 aliphatic carbocycles. The molecule has 1 heterocycles. The number of likely N-dealkylation sites (tertiary alicyclic amines) is 1. The van der Waals surface area contributed by atoms with Gasteiger partial charge in [0.1, 0.15) is 6.04 Å². The predicted molar refractivity (Wildman–Crippen MR) is 80.9 cm³/mol. The molecule has 1 atom stereocenters. The molecule has 1 aliphatic rings. The van der Waals surface area contributed by atoms with Crippen molar-refractivity contribution in [2.24, 2.45) is 0 Å². The lowest BCUT2D eigenvalue weighted by molar-refractivity contribution is -0.151. The minimum Gasteiger partial charge on any atom is -0.465 e. The Bertz CT molecular complexity index is 476. The highest BCUT2D eigenvalue weighted by Crippen LogP contribution is 2.24. The van der Waals surface area contributed by atoms with Crippen LogP contribution in [0.5, 0.6) is 0 Å². The van der Waals surface area contributed by atoms with Gasteiger partial charge >= 0.3 is 5.97 Å². The smallest absolute Gasteiger partial charge is 0.323 e. The van der Waals surface area contributed by atoms with Crippen molar-refractivity contribution in [3.63, 3.8) is 0 Å². The summed E-state index contributed by atoms with van der Waals surface area (Å²) in [4.78, 5) is 14.2. The van der Waals surface area contributed by atoms with Crippen LogP contribution in [0.25, 0.3) is 0 Å². The quantitative estimate of drug-likeness (QED) is 0.795. The summed E-state index contributed by atoms with van der Waals surface area (Å²) in [6, 6.07) is 5.96. The van der Waals surface area contributed by atoms with Crippen molar-refractivity contribution in [3.05, 3.63) is 34.3 Å². The van der Waals surface area contributed by atoms with E-state index >= 15 is 0 Å². The van der Waals surface area contributed by atoms with Gasteiger partial charge in [-0.05, 0) is 50.4 Å². The van der Waals surface area contributed by atoms with Crippen molar-refractivity contribution in [1.29, 1.82) is 0 Å². The first-order valence-corrected chi connectivity index (χ1v) is 7.65. The molecule has 1 aromatic rings. The normalized spacial score (nSPS) is 19.9. The molecule has 0 aromatic heterocycles. The van der Waals surface area contributed by atoms with Crippen molar-refractivity contribution in [3.8, 4) is 0 Å². The lowest BCUT2D eigenvalue weighted by Gasteiger charge is -2.34. The number of ether oxygens (including phenoxy) is 1. The Kier molecular flexibility index (Phi) is 5.44. The third-order valence-electron chi connectivity index (χ3n) is 3.75. The largest absolute Gasteiger partial charge is 0.465 e. The first-order valence-electron chi connectivity index (χ1n) is 7.27. The van der Waals surface area contributed by atoms with Gasteiger partial charge in [0.15, 0.2) is 0 Å². The van der Waals surface area contributed by atoms with E-state index in [9.17, 15) is 4.79 Å². The van der Waals surface area contributed by atoms with Crippen molar-refractivity contribution in [1.82, 2.24) is 4.90 Å². The minimum atomic E-state index is -0.124. The second kappa shape index (κ2) is 7.09. The van der Waals surface area contributed by atoms with Gasteiger partial charge in [-0.15, -0.1) is 0 Å². The molecular weight excluding hydrogens is 274 g/mol. The van der Waals surface area contributed by atoms with Gasteiger partial charge in [-0.25, -0.2) is 0 Å². The average Bonchev–Trinajstić information content (AvgIpc) is 2.43. The van der Waals surface area contributed by atoms with E-state index in [1.54, 1.807) is 0 Å².